The molecule has 59 heavy (non-hydrogen) atoms. The molecule has 296 valence electrons. The van der Waals surface area contributed by atoms with E-state index in [1.807, 2.05) is 79.3 Å². The number of aliphatic hydroxyl groups is 1. The molecule has 11 heteroatoms. The predicted octanol–water partition coefficient (Wildman–Crippen LogP) is 7.48. The lowest BCUT2D eigenvalue weighted by molar-refractivity contribution is -0.143. The van der Waals surface area contributed by atoms with Crippen molar-refractivity contribution in [3.63, 3.8) is 0 Å². The van der Waals surface area contributed by atoms with E-state index in [4.69, 9.17) is 0 Å². The second-order valence-electron chi connectivity index (χ2n) is 16.0. The average Bonchev–Trinajstić information content (AvgIpc) is 4.10. The molecule has 4 aromatic carbocycles. The first-order valence-electron chi connectivity index (χ1n) is 20.1. The minimum atomic E-state index is -0.663. The molecule has 0 bridgehead atoms. The molecular formula is C48H44N6O5. The zero-order valence-corrected chi connectivity index (χ0v) is 31.6. The van der Waals surface area contributed by atoms with E-state index in [0.717, 1.165) is 98.5 Å². The lowest BCUT2D eigenvalue weighted by atomic mass is 9.83. The van der Waals surface area contributed by atoms with E-state index >= 15 is 0 Å². The Bertz CT molecular complexity index is 3020. The molecule has 8 aromatic rings. The highest BCUT2D eigenvalue weighted by atomic mass is 16.3. The van der Waals surface area contributed by atoms with Gasteiger partial charge in [0.15, 0.2) is 0 Å². The Balaban J connectivity index is 0.000000140. The molecule has 0 radical (unpaired) electrons. The largest absolute Gasteiger partial charge is 0.376 e. The van der Waals surface area contributed by atoms with Crippen LogP contribution in [0.2, 0.25) is 0 Å². The van der Waals surface area contributed by atoms with Gasteiger partial charge in [0, 0.05) is 70.5 Å². The van der Waals surface area contributed by atoms with Gasteiger partial charge in [0.25, 0.3) is 0 Å². The van der Waals surface area contributed by atoms with Gasteiger partial charge in [-0.3, -0.25) is 29.4 Å². The van der Waals surface area contributed by atoms with Crippen molar-refractivity contribution >= 4 is 67.2 Å². The standard InChI is InChI=1S/C24H21N3O3.C23H19N3O2.CH4/c28-13-27-23(29)20(17-11-25-19-9-2-1-7-15(17)19)21(24(27)30)18-12-26-10-4-6-14-5-3-8-16(18)22(14)26;27-22-19(16-11-24-18-9-2-1-7-14(16)18)20(23(28)25-22)17-12-26-10-4-6-13-5-3-8-15(17)21(13)26;/h1-3,5,7-9,11-12,20-21,25,28H,4,6,10,13H2;1-3,5,7-9,11-12,19-20,24H,4,6,10H2,(H,25,27,28);1H4. The number of aliphatic hydroxyl groups excluding tert-OH is 1. The monoisotopic (exact) mass is 784 g/mol. The van der Waals surface area contributed by atoms with Gasteiger partial charge in [-0.25, -0.2) is 0 Å². The minimum absolute atomic E-state index is 0. The topological polar surface area (TPSA) is 145 Å². The van der Waals surface area contributed by atoms with Gasteiger partial charge in [0.05, 0.1) is 34.7 Å². The number of likely N-dealkylation sites (tertiary alicyclic amines) is 1. The zero-order chi connectivity index (χ0) is 39.2. The number of carbonyl (C=O) groups is 4. The van der Waals surface area contributed by atoms with Crippen LogP contribution in [0, 0.1) is 0 Å². The van der Waals surface area contributed by atoms with E-state index in [-0.39, 0.29) is 31.1 Å². The number of imide groups is 2. The summed E-state index contributed by atoms with van der Waals surface area (Å²) in [5, 5.41) is 16.4. The van der Waals surface area contributed by atoms with Crippen LogP contribution in [-0.4, -0.2) is 59.5 Å². The normalized spacial score (nSPS) is 21.1. The van der Waals surface area contributed by atoms with Crippen LogP contribution in [0.1, 0.15) is 77.3 Å². The Hall–Kier alpha value is -6.72. The number of amides is 4. The Labute approximate surface area is 339 Å². The highest BCUT2D eigenvalue weighted by molar-refractivity contribution is 6.14. The summed E-state index contributed by atoms with van der Waals surface area (Å²) in [7, 11) is 0. The van der Waals surface area contributed by atoms with Crippen molar-refractivity contribution in [1.29, 1.82) is 0 Å². The predicted molar refractivity (Wildman–Crippen MR) is 227 cm³/mol. The highest BCUT2D eigenvalue weighted by Crippen LogP contribution is 2.47. The quantitative estimate of drug-likeness (QED) is 0.134. The summed E-state index contributed by atoms with van der Waals surface area (Å²) in [5.74, 6) is -3.44. The number of nitrogens with zero attached hydrogens (tertiary/aromatic N) is 3. The third-order valence-corrected chi connectivity index (χ3v) is 13.0. The fourth-order valence-corrected chi connectivity index (χ4v) is 10.5. The molecule has 2 fully saturated rings. The van der Waals surface area contributed by atoms with Crippen LogP contribution >= 0.6 is 0 Å². The number of benzene rings is 4. The third kappa shape index (κ3) is 5.44. The van der Waals surface area contributed by atoms with Crippen molar-refractivity contribution < 1.29 is 24.3 Å². The van der Waals surface area contributed by atoms with E-state index in [2.05, 4.69) is 54.9 Å². The molecule has 4 aliphatic heterocycles. The maximum atomic E-state index is 13.4. The molecule has 0 spiro atoms. The lowest BCUT2D eigenvalue weighted by Crippen LogP contribution is -2.31. The Morgan fingerprint density at radius 1 is 0.542 bits per heavy atom. The lowest BCUT2D eigenvalue weighted by Gasteiger charge is -2.15. The fraction of sp³-hybridized carbons (Fsp3) is 0.250. The Morgan fingerprint density at radius 2 is 0.983 bits per heavy atom. The first-order valence-corrected chi connectivity index (χ1v) is 20.1. The van der Waals surface area contributed by atoms with Gasteiger partial charge in [0.2, 0.25) is 23.6 Å². The van der Waals surface area contributed by atoms with Crippen LogP contribution in [0.4, 0.5) is 0 Å². The van der Waals surface area contributed by atoms with Crippen molar-refractivity contribution in [2.24, 2.45) is 0 Å². The zero-order valence-electron chi connectivity index (χ0n) is 31.6. The number of fused-ring (bicyclic) bond motifs is 2. The molecule has 4 aromatic heterocycles. The smallest absolute Gasteiger partial charge is 0.239 e. The molecule has 4 aliphatic rings. The molecular weight excluding hydrogens is 741 g/mol. The molecule has 4 N–H and O–H groups in total. The van der Waals surface area contributed by atoms with Crippen molar-refractivity contribution in [2.75, 3.05) is 6.73 Å². The SMILES string of the molecule is C.O=C1C(c2c[nH]c3ccccc23)C(c2cn3c4c(cccc24)CCC3)C(=O)N1CO.O=C1NC(=O)C(c2cn3c4c(cccc24)CCC3)C1c1c[nH]c2ccccc12. The van der Waals surface area contributed by atoms with Crippen LogP contribution in [-0.2, 0) is 45.1 Å². The van der Waals surface area contributed by atoms with E-state index in [1.54, 1.807) is 0 Å². The van der Waals surface area contributed by atoms with E-state index in [0.29, 0.717) is 0 Å². The summed E-state index contributed by atoms with van der Waals surface area (Å²) in [6.45, 7) is 1.26. The molecule has 4 amide bonds. The number of hydrogen-bond acceptors (Lipinski definition) is 5. The second-order valence-corrected chi connectivity index (χ2v) is 16.0. The van der Waals surface area contributed by atoms with Crippen LogP contribution < -0.4 is 5.32 Å². The van der Waals surface area contributed by atoms with Crippen LogP contribution in [0.15, 0.2) is 110 Å². The summed E-state index contributed by atoms with van der Waals surface area (Å²) in [5.41, 5.74) is 10.4. The number of carbonyl (C=O) groups excluding carboxylic acids is 4. The summed E-state index contributed by atoms with van der Waals surface area (Å²) >= 11 is 0. The van der Waals surface area contributed by atoms with Gasteiger partial charge in [0.1, 0.15) is 6.73 Å². The van der Waals surface area contributed by atoms with Gasteiger partial charge in [-0.1, -0.05) is 80.2 Å². The summed E-state index contributed by atoms with van der Waals surface area (Å²) in [4.78, 5) is 59.9. The van der Waals surface area contributed by atoms with Gasteiger partial charge in [-0.2, -0.15) is 0 Å². The van der Waals surface area contributed by atoms with Gasteiger partial charge >= 0.3 is 0 Å². The van der Waals surface area contributed by atoms with Crippen molar-refractivity contribution in [3.8, 4) is 0 Å². The maximum absolute atomic E-state index is 13.4. The first-order chi connectivity index (χ1) is 28.4. The molecule has 0 aliphatic carbocycles. The van der Waals surface area contributed by atoms with Crippen LogP contribution in [0.3, 0.4) is 0 Å². The Kier molecular flexibility index (Phi) is 8.68. The molecule has 11 nitrogen and oxygen atoms in total. The minimum Gasteiger partial charge on any atom is -0.376 e. The van der Waals surface area contributed by atoms with E-state index in [1.165, 1.54) is 22.2 Å². The van der Waals surface area contributed by atoms with Crippen molar-refractivity contribution in [2.45, 2.75) is 69.9 Å². The number of para-hydroxylation sites is 4. The number of rotatable bonds is 5. The van der Waals surface area contributed by atoms with Crippen LogP contribution in [0.5, 0.6) is 0 Å². The summed E-state index contributed by atoms with van der Waals surface area (Å²) in [6.07, 6.45) is 12.1. The van der Waals surface area contributed by atoms with E-state index in [9.17, 15) is 24.3 Å². The number of aromatic nitrogens is 4. The van der Waals surface area contributed by atoms with Gasteiger partial charge < -0.3 is 24.2 Å². The molecule has 2 saturated heterocycles. The van der Waals surface area contributed by atoms with Gasteiger partial charge in [-0.05, 0) is 71.2 Å². The highest BCUT2D eigenvalue weighted by Gasteiger charge is 2.51. The molecule has 4 atom stereocenters. The van der Waals surface area contributed by atoms with E-state index < -0.39 is 30.4 Å². The number of aryl methyl sites for hydroxylation is 4. The third-order valence-electron chi connectivity index (χ3n) is 13.0. The first kappa shape index (κ1) is 36.6. The molecule has 8 heterocycles. The maximum Gasteiger partial charge on any atom is 0.239 e. The molecule has 12 rings (SSSR count). The summed E-state index contributed by atoms with van der Waals surface area (Å²) < 4.78 is 4.47. The number of nitrogens with one attached hydrogen (secondary N) is 3. The Morgan fingerprint density at radius 3 is 1.51 bits per heavy atom. The van der Waals surface area contributed by atoms with Crippen LogP contribution in [0.25, 0.3) is 43.6 Å². The summed E-state index contributed by atoms with van der Waals surface area (Å²) in [6, 6.07) is 28.2. The number of aromatic amines is 2. The number of H-pyrrole nitrogens is 2. The molecule has 4 unspecified atom stereocenters. The molecule has 0 saturated carbocycles. The number of hydrogen-bond donors (Lipinski definition) is 4. The van der Waals surface area contributed by atoms with Crippen molar-refractivity contribution in [3.05, 3.63) is 143 Å². The van der Waals surface area contributed by atoms with Gasteiger partial charge in [-0.15, -0.1) is 0 Å². The average molecular weight is 785 g/mol. The fourth-order valence-electron chi connectivity index (χ4n) is 10.5. The second kappa shape index (κ2) is 14.0. The van der Waals surface area contributed by atoms with Crippen molar-refractivity contribution in [1.82, 2.24) is 29.3 Å².